The van der Waals surface area contributed by atoms with E-state index in [1.165, 1.54) is 11.8 Å². The van der Waals surface area contributed by atoms with Crippen molar-refractivity contribution in [2.45, 2.75) is 33.1 Å². The first-order chi connectivity index (χ1) is 12.9. The van der Waals surface area contributed by atoms with Gasteiger partial charge in [-0.3, -0.25) is 9.59 Å². The first kappa shape index (κ1) is 20.5. The van der Waals surface area contributed by atoms with Crippen molar-refractivity contribution in [3.8, 4) is 5.75 Å². The van der Waals surface area contributed by atoms with Crippen LogP contribution in [0.25, 0.3) is 0 Å². The summed E-state index contributed by atoms with van der Waals surface area (Å²) in [4.78, 5) is 26.1. The summed E-state index contributed by atoms with van der Waals surface area (Å²) in [5.74, 6) is 0.737. The number of para-hydroxylation sites is 2. The van der Waals surface area contributed by atoms with Gasteiger partial charge in [0.05, 0.1) is 7.11 Å². The molecule has 0 saturated heterocycles. The minimum absolute atomic E-state index is 0.00495. The Kier molecular flexibility index (Phi) is 7.41. The number of carbonyl (C=O) groups excluding carboxylic acids is 2. The molecule has 0 aliphatic rings. The Bertz CT molecular complexity index is 787. The summed E-state index contributed by atoms with van der Waals surface area (Å²) < 4.78 is 5.33. The standard InChI is InChI=1S/C22H28N2O3/c1-16(2)19-10-6-7-11-20(19)24(17(3)25)15-22(26)23-14-13-18-9-5-8-12-21(18)27-4/h5-12,16H,13-15H2,1-4H3,(H,23,26). The zero-order chi connectivity index (χ0) is 19.8. The Balaban J connectivity index is 2.01. The zero-order valence-electron chi connectivity index (χ0n) is 16.5. The first-order valence-electron chi connectivity index (χ1n) is 9.19. The van der Waals surface area contributed by atoms with Gasteiger partial charge in [-0.2, -0.15) is 0 Å². The lowest BCUT2D eigenvalue weighted by Crippen LogP contribution is -2.40. The van der Waals surface area contributed by atoms with Crippen LogP contribution in [0.3, 0.4) is 0 Å². The van der Waals surface area contributed by atoms with Crippen molar-refractivity contribution in [3.63, 3.8) is 0 Å². The van der Waals surface area contributed by atoms with Crippen LogP contribution >= 0.6 is 0 Å². The number of hydrogen-bond acceptors (Lipinski definition) is 3. The van der Waals surface area contributed by atoms with Gasteiger partial charge in [-0.15, -0.1) is 0 Å². The number of carbonyl (C=O) groups is 2. The van der Waals surface area contributed by atoms with E-state index in [0.717, 1.165) is 22.6 Å². The second-order valence-corrected chi connectivity index (χ2v) is 6.73. The Morgan fingerprint density at radius 1 is 1.07 bits per heavy atom. The van der Waals surface area contributed by atoms with Crippen LogP contribution in [0.5, 0.6) is 5.75 Å². The Hall–Kier alpha value is -2.82. The molecule has 5 heteroatoms. The van der Waals surface area contributed by atoms with Gasteiger partial charge in [0.1, 0.15) is 12.3 Å². The third-order valence-corrected chi connectivity index (χ3v) is 4.44. The fraction of sp³-hybridized carbons (Fsp3) is 0.364. The number of nitrogens with zero attached hydrogens (tertiary/aromatic N) is 1. The molecule has 0 bridgehead atoms. The summed E-state index contributed by atoms with van der Waals surface area (Å²) in [5.41, 5.74) is 2.88. The fourth-order valence-corrected chi connectivity index (χ4v) is 3.03. The van der Waals surface area contributed by atoms with Gasteiger partial charge < -0.3 is 15.0 Å². The van der Waals surface area contributed by atoms with E-state index in [0.29, 0.717) is 13.0 Å². The maximum Gasteiger partial charge on any atom is 0.240 e. The Labute approximate surface area is 161 Å². The van der Waals surface area contributed by atoms with E-state index in [1.54, 1.807) is 7.11 Å². The van der Waals surface area contributed by atoms with Crippen molar-refractivity contribution in [1.29, 1.82) is 0 Å². The molecule has 1 N–H and O–H groups in total. The highest BCUT2D eigenvalue weighted by atomic mass is 16.5. The number of benzene rings is 2. The van der Waals surface area contributed by atoms with E-state index in [9.17, 15) is 9.59 Å². The van der Waals surface area contributed by atoms with E-state index < -0.39 is 0 Å². The molecule has 0 fully saturated rings. The predicted octanol–water partition coefficient (Wildman–Crippen LogP) is 3.53. The van der Waals surface area contributed by atoms with E-state index in [2.05, 4.69) is 19.2 Å². The van der Waals surface area contributed by atoms with Gasteiger partial charge >= 0.3 is 0 Å². The molecular weight excluding hydrogens is 340 g/mol. The van der Waals surface area contributed by atoms with Crippen LogP contribution in [-0.4, -0.2) is 32.0 Å². The summed E-state index contributed by atoms with van der Waals surface area (Å²) in [5, 5.41) is 2.90. The SMILES string of the molecule is COc1ccccc1CCNC(=O)CN(C(C)=O)c1ccccc1C(C)C. The van der Waals surface area contributed by atoms with Gasteiger partial charge in [0.15, 0.2) is 0 Å². The molecule has 0 saturated carbocycles. The van der Waals surface area contributed by atoms with Crippen LogP contribution < -0.4 is 15.0 Å². The van der Waals surface area contributed by atoms with E-state index in [-0.39, 0.29) is 24.3 Å². The number of amides is 2. The molecule has 0 heterocycles. The number of anilines is 1. The van der Waals surface area contributed by atoms with Crippen molar-refractivity contribution >= 4 is 17.5 Å². The lowest BCUT2D eigenvalue weighted by molar-refractivity contribution is -0.123. The number of hydrogen-bond donors (Lipinski definition) is 1. The van der Waals surface area contributed by atoms with Crippen molar-refractivity contribution < 1.29 is 14.3 Å². The molecule has 144 valence electrons. The third kappa shape index (κ3) is 5.58. The van der Waals surface area contributed by atoms with Crippen LogP contribution in [-0.2, 0) is 16.0 Å². The van der Waals surface area contributed by atoms with Gasteiger partial charge in [-0.1, -0.05) is 50.2 Å². The smallest absolute Gasteiger partial charge is 0.240 e. The Morgan fingerprint density at radius 3 is 2.41 bits per heavy atom. The molecule has 27 heavy (non-hydrogen) atoms. The molecule has 2 aromatic rings. The summed E-state index contributed by atoms with van der Waals surface area (Å²) in [7, 11) is 1.63. The molecule has 5 nitrogen and oxygen atoms in total. The normalized spacial score (nSPS) is 10.6. The molecule has 2 rings (SSSR count). The highest BCUT2D eigenvalue weighted by Gasteiger charge is 2.19. The molecule has 0 radical (unpaired) electrons. The molecular formula is C22H28N2O3. The zero-order valence-corrected chi connectivity index (χ0v) is 16.5. The molecule has 0 atom stereocenters. The lowest BCUT2D eigenvalue weighted by Gasteiger charge is -2.25. The molecule has 2 aromatic carbocycles. The molecule has 0 aromatic heterocycles. The lowest BCUT2D eigenvalue weighted by atomic mass is 10.0. The van der Waals surface area contributed by atoms with Gasteiger partial charge in [-0.25, -0.2) is 0 Å². The van der Waals surface area contributed by atoms with Crippen LogP contribution in [0.2, 0.25) is 0 Å². The topological polar surface area (TPSA) is 58.6 Å². The third-order valence-electron chi connectivity index (χ3n) is 4.44. The number of ether oxygens (including phenoxy) is 1. The molecule has 0 aliphatic carbocycles. The van der Waals surface area contributed by atoms with E-state index in [1.807, 2.05) is 48.5 Å². The minimum atomic E-state index is -0.182. The fourth-order valence-electron chi connectivity index (χ4n) is 3.03. The molecule has 2 amide bonds. The van der Waals surface area contributed by atoms with Crippen LogP contribution in [0.15, 0.2) is 48.5 Å². The quantitative estimate of drug-likeness (QED) is 0.775. The van der Waals surface area contributed by atoms with Crippen LogP contribution in [0.4, 0.5) is 5.69 Å². The summed E-state index contributed by atoms with van der Waals surface area (Å²) in [6.07, 6.45) is 0.665. The Morgan fingerprint density at radius 2 is 1.74 bits per heavy atom. The largest absolute Gasteiger partial charge is 0.496 e. The number of rotatable bonds is 8. The van der Waals surface area contributed by atoms with Gasteiger partial charge in [0.2, 0.25) is 11.8 Å². The minimum Gasteiger partial charge on any atom is -0.496 e. The number of methoxy groups -OCH3 is 1. The average Bonchev–Trinajstić information content (AvgIpc) is 2.66. The number of nitrogens with one attached hydrogen (secondary N) is 1. The first-order valence-corrected chi connectivity index (χ1v) is 9.19. The summed E-state index contributed by atoms with van der Waals surface area (Å²) in [6.45, 7) is 6.12. The molecule has 0 spiro atoms. The van der Waals surface area contributed by atoms with Gasteiger partial charge in [-0.05, 0) is 35.6 Å². The van der Waals surface area contributed by atoms with Crippen LogP contribution in [0.1, 0.15) is 37.8 Å². The maximum atomic E-state index is 12.4. The van der Waals surface area contributed by atoms with Gasteiger partial charge in [0, 0.05) is 19.2 Å². The van der Waals surface area contributed by atoms with Gasteiger partial charge in [0.25, 0.3) is 0 Å². The summed E-state index contributed by atoms with van der Waals surface area (Å²) in [6, 6.07) is 15.5. The van der Waals surface area contributed by atoms with Crippen LogP contribution in [0, 0.1) is 0 Å². The molecule has 0 unspecified atom stereocenters. The van der Waals surface area contributed by atoms with Crippen molar-refractivity contribution in [3.05, 3.63) is 59.7 Å². The average molecular weight is 368 g/mol. The highest BCUT2D eigenvalue weighted by molar-refractivity contribution is 5.98. The van der Waals surface area contributed by atoms with E-state index >= 15 is 0 Å². The predicted molar refractivity (Wildman–Crippen MR) is 108 cm³/mol. The monoisotopic (exact) mass is 368 g/mol. The summed E-state index contributed by atoms with van der Waals surface area (Å²) >= 11 is 0. The van der Waals surface area contributed by atoms with E-state index in [4.69, 9.17) is 4.74 Å². The second-order valence-electron chi connectivity index (χ2n) is 6.73. The van der Waals surface area contributed by atoms with Crippen molar-refractivity contribution in [2.75, 3.05) is 25.1 Å². The maximum absolute atomic E-state index is 12.4. The molecule has 0 aliphatic heterocycles. The van der Waals surface area contributed by atoms with Crippen molar-refractivity contribution in [1.82, 2.24) is 5.32 Å². The van der Waals surface area contributed by atoms with Crippen molar-refractivity contribution in [2.24, 2.45) is 0 Å². The highest BCUT2D eigenvalue weighted by Crippen LogP contribution is 2.27. The second kappa shape index (κ2) is 9.76.